The highest BCUT2D eigenvalue weighted by atomic mass is 19.1. The monoisotopic (exact) mass is 455 g/mol. The summed E-state index contributed by atoms with van der Waals surface area (Å²) in [5.74, 6) is -1.01. The minimum absolute atomic E-state index is 0.0104. The highest BCUT2D eigenvalue weighted by Gasteiger charge is 2.40. The standard InChI is InChI=1S/C24H30FN5O3/c1-16-11-29(12-20(16)30-14-27(2)24(32)28(3)15-30)22-18(9-10-19(26)21(22)25)23(31)33-13-17-7-5-4-6-8-17/h4-10,16,20H,11-15,26H2,1-3H3/t16-,20+/m0/s1. The summed E-state index contributed by atoms with van der Waals surface area (Å²) in [7, 11) is 3.53. The van der Waals surface area contributed by atoms with Crippen LogP contribution in [0, 0.1) is 11.7 Å². The summed E-state index contributed by atoms with van der Waals surface area (Å²) in [5, 5.41) is 0. The van der Waals surface area contributed by atoms with E-state index in [1.807, 2.05) is 35.2 Å². The fourth-order valence-electron chi connectivity index (χ4n) is 4.67. The molecular formula is C24H30FN5O3. The van der Waals surface area contributed by atoms with Crippen LogP contribution in [-0.2, 0) is 11.3 Å². The molecule has 2 aromatic rings. The number of carbonyl (C=O) groups is 2. The second-order valence-corrected chi connectivity index (χ2v) is 8.93. The molecular weight excluding hydrogens is 425 g/mol. The highest BCUT2D eigenvalue weighted by Crippen LogP contribution is 2.35. The molecule has 4 rings (SSSR count). The van der Waals surface area contributed by atoms with Gasteiger partial charge in [0.1, 0.15) is 6.61 Å². The van der Waals surface area contributed by atoms with E-state index < -0.39 is 11.8 Å². The first-order valence-corrected chi connectivity index (χ1v) is 11.0. The van der Waals surface area contributed by atoms with Gasteiger partial charge in [-0.2, -0.15) is 0 Å². The molecule has 0 saturated carbocycles. The normalized spacial score (nSPS) is 21.6. The predicted octanol–water partition coefficient (Wildman–Crippen LogP) is 2.80. The number of nitrogens with two attached hydrogens (primary N) is 1. The molecule has 2 aliphatic rings. The molecule has 0 aromatic heterocycles. The van der Waals surface area contributed by atoms with E-state index in [0.717, 1.165) is 5.56 Å². The number of esters is 1. The first kappa shape index (κ1) is 22.8. The van der Waals surface area contributed by atoms with Crippen molar-refractivity contribution in [2.45, 2.75) is 19.6 Å². The zero-order valence-electron chi connectivity index (χ0n) is 19.2. The van der Waals surface area contributed by atoms with Gasteiger partial charge in [-0.1, -0.05) is 37.3 Å². The lowest BCUT2D eigenvalue weighted by Crippen LogP contribution is -2.59. The number of nitrogens with zero attached hydrogens (tertiary/aromatic N) is 4. The van der Waals surface area contributed by atoms with Crippen molar-refractivity contribution < 1.29 is 18.7 Å². The van der Waals surface area contributed by atoms with E-state index in [4.69, 9.17) is 10.5 Å². The molecule has 0 bridgehead atoms. The summed E-state index contributed by atoms with van der Waals surface area (Å²) >= 11 is 0. The molecule has 2 amide bonds. The second kappa shape index (κ2) is 9.27. The molecule has 0 radical (unpaired) electrons. The largest absolute Gasteiger partial charge is 0.457 e. The Morgan fingerprint density at radius 2 is 1.76 bits per heavy atom. The maximum atomic E-state index is 15.3. The fraction of sp³-hybridized carbons (Fsp3) is 0.417. The van der Waals surface area contributed by atoms with Crippen molar-refractivity contribution >= 4 is 23.4 Å². The van der Waals surface area contributed by atoms with Crippen LogP contribution in [0.4, 0.5) is 20.6 Å². The van der Waals surface area contributed by atoms with E-state index in [2.05, 4.69) is 11.8 Å². The molecule has 2 atom stereocenters. The Kier molecular flexibility index (Phi) is 6.42. The minimum Gasteiger partial charge on any atom is -0.457 e. The molecule has 9 heteroatoms. The molecule has 0 spiro atoms. The van der Waals surface area contributed by atoms with Crippen LogP contribution in [-0.4, -0.2) is 73.3 Å². The number of anilines is 2. The molecule has 2 heterocycles. The van der Waals surface area contributed by atoms with Crippen LogP contribution in [0.15, 0.2) is 42.5 Å². The lowest BCUT2D eigenvalue weighted by Gasteiger charge is -2.42. The van der Waals surface area contributed by atoms with Gasteiger partial charge < -0.3 is 25.2 Å². The van der Waals surface area contributed by atoms with Gasteiger partial charge in [0.05, 0.1) is 30.3 Å². The number of urea groups is 1. The lowest BCUT2D eigenvalue weighted by molar-refractivity contribution is 0.0233. The average Bonchev–Trinajstić information content (AvgIpc) is 3.19. The Hall–Kier alpha value is -3.33. The van der Waals surface area contributed by atoms with Crippen LogP contribution in [0.3, 0.4) is 0 Å². The minimum atomic E-state index is -0.611. The van der Waals surface area contributed by atoms with Crippen LogP contribution < -0.4 is 10.6 Å². The summed E-state index contributed by atoms with van der Waals surface area (Å²) in [6.45, 7) is 4.26. The lowest BCUT2D eigenvalue weighted by atomic mass is 10.1. The van der Waals surface area contributed by atoms with Gasteiger partial charge in [0.2, 0.25) is 0 Å². The van der Waals surface area contributed by atoms with Crippen molar-refractivity contribution in [1.29, 1.82) is 0 Å². The van der Waals surface area contributed by atoms with E-state index >= 15 is 4.39 Å². The van der Waals surface area contributed by atoms with Gasteiger partial charge in [0.15, 0.2) is 5.82 Å². The third-order valence-electron chi connectivity index (χ3n) is 6.38. The van der Waals surface area contributed by atoms with E-state index in [-0.39, 0.29) is 41.5 Å². The molecule has 2 aromatic carbocycles. The first-order chi connectivity index (χ1) is 15.8. The smallest absolute Gasteiger partial charge is 0.340 e. The molecule has 176 valence electrons. The topological polar surface area (TPSA) is 82.4 Å². The van der Waals surface area contributed by atoms with Gasteiger partial charge in [-0.3, -0.25) is 4.90 Å². The van der Waals surface area contributed by atoms with Crippen molar-refractivity contribution in [2.24, 2.45) is 5.92 Å². The highest BCUT2D eigenvalue weighted by molar-refractivity contribution is 5.97. The number of nitrogen functional groups attached to an aromatic ring is 1. The van der Waals surface area contributed by atoms with Crippen molar-refractivity contribution in [3.63, 3.8) is 0 Å². The van der Waals surface area contributed by atoms with E-state index in [0.29, 0.717) is 26.4 Å². The van der Waals surface area contributed by atoms with E-state index in [1.165, 1.54) is 12.1 Å². The first-order valence-electron chi connectivity index (χ1n) is 11.0. The van der Waals surface area contributed by atoms with Gasteiger partial charge in [-0.25, -0.2) is 14.0 Å². The van der Waals surface area contributed by atoms with Gasteiger partial charge >= 0.3 is 12.0 Å². The number of ether oxygens (including phenoxy) is 1. The summed E-state index contributed by atoms with van der Waals surface area (Å²) in [6, 6.07) is 12.3. The second-order valence-electron chi connectivity index (χ2n) is 8.93. The van der Waals surface area contributed by atoms with Gasteiger partial charge in [0, 0.05) is 33.2 Å². The zero-order chi connectivity index (χ0) is 23.7. The Morgan fingerprint density at radius 3 is 2.42 bits per heavy atom. The molecule has 2 N–H and O–H groups in total. The molecule has 8 nitrogen and oxygen atoms in total. The van der Waals surface area contributed by atoms with Crippen molar-refractivity contribution in [3.8, 4) is 0 Å². The number of benzene rings is 2. The molecule has 0 unspecified atom stereocenters. The molecule has 33 heavy (non-hydrogen) atoms. The summed E-state index contributed by atoms with van der Waals surface area (Å²) in [4.78, 5) is 32.4. The number of hydrogen-bond acceptors (Lipinski definition) is 6. The molecule has 2 saturated heterocycles. The number of carbonyl (C=O) groups excluding carboxylic acids is 2. The van der Waals surface area contributed by atoms with Crippen LogP contribution in [0.5, 0.6) is 0 Å². The molecule has 2 aliphatic heterocycles. The van der Waals surface area contributed by atoms with E-state index in [9.17, 15) is 9.59 Å². The summed E-state index contributed by atoms with van der Waals surface area (Å²) in [5.41, 5.74) is 7.05. The quantitative estimate of drug-likeness (QED) is 0.552. The summed E-state index contributed by atoms with van der Waals surface area (Å²) in [6.07, 6.45) is 0. The average molecular weight is 456 g/mol. The van der Waals surface area contributed by atoms with Gasteiger partial charge in [-0.15, -0.1) is 0 Å². The zero-order valence-corrected chi connectivity index (χ0v) is 19.2. The third kappa shape index (κ3) is 4.59. The number of hydrogen-bond donors (Lipinski definition) is 1. The maximum Gasteiger partial charge on any atom is 0.340 e. The number of rotatable bonds is 5. The van der Waals surface area contributed by atoms with Gasteiger partial charge in [-0.05, 0) is 23.6 Å². The molecule has 0 aliphatic carbocycles. The van der Waals surface area contributed by atoms with Crippen molar-refractivity contribution in [3.05, 3.63) is 59.4 Å². The van der Waals surface area contributed by atoms with Crippen LogP contribution in [0.2, 0.25) is 0 Å². The summed E-state index contributed by atoms with van der Waals surface area (Å²) < 4.78 is 20.7. The molecule has 2 fully saturated rings. The number of amides is 2. The maximum absolute atomic E-state index is 15.3. The van der Waals surface area contributed by atoms with Crippen LogP contribution >= 0.6 is 0 Å². The van der Waals surface area contributed by atoms with Gasteiger partial charge in [0.25, 0.3) is 0 Å². The fourth-order valence-corrected chi connectivity index (χ4v) is 4.67. The number of halogens is 1. The Balaban J connectivity index is 1.55. The Bertz CT molecular complexity index is 1020. The third-order valence-corrected chi connectivity index (χ3v) is 6.38. The van der Waals surface area contributed by atoms with Crippen molar-refractivity contribution in [1.82, 2.24) is 14.7 Å². The SMILES string of the molecule is C[C@H]1CN(c2c(C(=O)OCc3ccccc3)ccc(N)c2F)C[C@H]1N1CN(C)C(=O)N(C)C1. The Labute approximate surface area is 193 Å². The van der Waals surface area contributed by atoms with E-state index in [1.54, 1.807) is 23.9 Å². The Morgan fingerprint density at radius 1 is 1.09 bits per heavy atom. The van der Waals surface area contributed by atoms with Crippen LogP contribution in [0.1, 0.15) is 22.8 Å². The predicted molar refractivity (Wildman–Crippen MR) is 124 cm³/mol. The van der Waals surface area contributed by atoms with Crippen molar-refractivity contribution in [2.75, 3.05) is 51.2 Å². The van der Waals surface area contributed by atoms with Crippen LogP contribution in [0.25, 0.3) is 0 Å².